The number of nitrogens with one attached hydrogen (secondary N) is 2. The van der Waals surface area contributed by atoms with Crippen LogP contribution in [0.1, 0.15) is 56.3 Å². The lowest BCUT2D eigenvalue weighted by molar-refractivity contribution is -0.155. The Kier molecular flexibility index (Phi) is 11.3. The van der Waals surface area contributed by atoms with Crippen molar-refractivity contribution in [3.8, 4) is 22.3 Å². The Morgan fingerprint density at radius 3 is 1.50 bits per heavy atom. The second-order valence-electron chi connectivity index (χ2n) is 15.5. The highest BCUT2D eigenvalue weighted by Crippen LogP contribution is 2.47. The zero-order valence-corrected chi connectivity index (χ0v) is 34.7. The second-order valence-corrected chi connectivity index (χ2v) is 16.0. The maximum absolute atomic E-state index is 14.9. The zero-order chi connectivity index (χ0) is 42.6. The van der Waals surface area contributed by atoms with Gasteiger partial charge < -0.3 is 24.8 Å². The lowest BCUT2D eigenvalue weighted by Gasteiger charge is -2.37. The van der Waals surface area contributed by atoms with Crippen LogP contribution in [0.2, 0.25) is 5.02 Å². The molecule has 1 unspecified atom stereocenters. The first-order valence-corrected chi connectivity index (χ1v) is 21.0. The van der Waals surface area contributed by atoms with Crippen LogP contribution in [0.5, 0.6) is 0 Å². The number of ether oxygens (including phenoxy) is 3. The number of esters is 1. The molecule has 9 rings (SSSR count). The number of halogens is 1. The van der Waals surface area contributed by atoms with Crippen LogP contribution in [0.4, 0.5) is 9.59 Å². The minimum atomic E-state index is -1.57. The molecule has 0 aliphatic heterocycles. The third kappa shape index (κ3) is 7.70. The maximum Gasteiger partial charge on any atom is 0.407 e. The fourth-order valence-corrected chi connectivity index (χ4v) is 9.16. The summed E-state index contributed by atoms with van der Waals surface area (Å²) in [5, 5.41) is 5.82. The van der Waals surface area contributed by atoms with E-state index in [2.05, 4.69) is 34.9 Å². The normalized spacial score (nSPS) is 14.0. The Morgan fingerprint density at radius 2 is 0.984 bits per heavy atom. The molecule has 0 bridgehead atoms. The molecule has 0 spiro atoms. The summed E-state index contributed by atoms with van der Waals surface area (Å²) in [6.07, 6.45) is -1.63. The van der Waals surface area contributed by atoms with Crippen molar-refractivity contribution in [2.45, 2.75) is 30.4 Å². The molecular weight excluding hydrogens is 796 g/mol. The lowest BCUT2D eigenvalue weighted by atomic mass is 9.79. The first-order chi connectivity index (χ1) is 30.3. The van der Waals surface area contributed by atoms with Gasteiger partial charge in [0.1, 0.15) is 19.3 Å². The second kappa shape index (κ2) is 17.4. The molecule has 2 atom stereocenters. The van der Waals surface area contributed by atoms with Crippen LogP contribution in [0, 0.1) is 6.92 Å². The van der Waals surface area contributed by atoms with Crippen LogP contribution >= 0.6 is 11.6 Å². The van der Waals surface area contributed by atoms with E-state index in [9.17, 15) is 14.4 Å². The smallest absolute Gasteiger partial charge is 0.407 e. The molecule has 9 heteroatoms. The van der Waals surface area contributed by atoms with E-state index in [0.29, 0.717) is 21.7 Å². The van der Waals surface area contributed by atoms with E-state index in [1.54, 1.807) is 12.1 Å². The van der Waals surface area contributed by atoms with Crippen molar-refractivity contribution in [2.24, 2.45) is 0 Å². The van der Waals surface area contributed by atoms with Gasteiger partial charge in [0.2, 0.25) is 0 Å². The summed E-state index contributed by atoms with van der Waals surface area (Å²) in [6.45, 7) is 1.67. The first-order valence-electron chi connectivity index (χ1n) is 20.6. The fraction of sp³-hybridized carbons (Fsp3) is 0.151. The highest BCUT2D eigenvalue weighted by molar-refractivity contribution is 6.31. The quantitative estimate of drug-likeness (QED) is 0.0722. The van der Waals surface area contributed by atoms with E-state index in [1.807, 2.05) is 146 Å². The number of hydrogen-bond acceptors (Lipinski definition) is 6. The van der Waals surface area contributed by atoms with Gasteiger partial charge in [0.15, 0.2) is 5.60 Å². The van der Waals surface area contributed by atoms with Crippen molar-refractivity contribution in [3.05, 3.63) is 225 Å². The molecule has 0 saturated heterocycles. The summed E-state index contributed by atoms with van der Waals surface area (Å²) in [5.41, 5.74) is 9.75. The van der Waals surface area contributed by atoms with Crippen molar-refractivity contribution >= 4 is 29.8 Å². The van der Waals surface area contributed by atoms with E-state index >= 15 is 0 Å². The SMILES string of the molecule is Cc1ccc(C(OC(=O)[C@@H](CNC(=O)OCC2c3ccccc3-c3ccccc32)NC(=O)OCC2c3ccccc3-c3ccccc32)(c2ccccc2)c2ccccc2Cl)cc1. The van der Waals surface area contributed by atoms with E-state index in [1.165, 1.54) is 0 Å². The van der Waals surface area contributed by atoms with Gasteiger partial charge >= 0.3 is 18.2 Å². The third-order valence-electron chi connectivity index (χ3n) is 11.9. The molecule has 0 fully saturated rings. The van der Waals surface area contributed by atoms with Crippen molar-refractivity contribution in [1.82, 2.24) is 10.6 Å². The van der Waals surface area contributed by atoms with Crippen molar-refractivity contribution < 1.29 is 28.6 Å². The number of amides is 2. The van der Waals surface area contributed by atoms with Crippen LogP contribution in [0.3, 0.4) is 0 Å². The number of benzene rings is 7. The summed E-state index contributed by atoms with van der Waals surface area (Å²) >= 11 is 6.96. The minimum absolute atomic E-state index is 0.0123. The largest absolute Gasteiger partial charge is 0.449 e. The molecule has 2 aliphatic carbocycles. The standard InChI is InChI=1S/C53H43ClN2O6/c1-34-27-29-36(30-28-34)53(35-15-3-2-4-16-35,47-25-13-14-26-48(47)54)62-50(57)49(56-52(59)61-33-46-43-23-11-7-19-39(43)40-20-8-12-24-44(40)46)31-55-51(58)60-32-45-41-21-9-5-17-37(41)38-18-6-10-22-42(38)45/h2-30,45-46,49H,31-33H2,1H3,(H,55,58)(H,56,59)/t49-,53?/m1/s1. The number of alkyl carbamates (subject to hydrolysis) is 2. The van der Waals surface area contributed by atoms with Gasteiger partial charge in [-0.3, -0.25) is 0 Å². The predicted molar refractivity (Wildman–Crippen MR) is 240 cm³/mol. The van der Waals surface area contributed by atoms with Gasteiger partial charge in [-0.1, -0.05) is 187 Å². The highest BCUT2D eigenvalue weighted by atomic mass is 35.5. The van der Waals surface area contributed by atoms with E-state index in [0.717, 1.165) is 50.1 Å². The van der Waals surface area contributed by atoms with Gasteiger partial charge in [-0.2, -0.15) is 0 Å². The summed E-state index contributed by atoms with van der Waals surface area (Å²) in [6, 6.07) is 54.9. The zero-order valence-electron chi connectivity index (χ0n) is 33.9. The molecule has 7 aromatic carbocycles. The Balaban J connectivity index is 0.999. The van der Waals surface area contributed by atoms with Gasteiger partial charge in [0, 0.05) is 33.5 Å². The Morgan fingerprint density at radius 1 is 0.548 bits per heavy atom. The summed E-state index contributed by atoms with van der Waals surface area (Å²) in [5.74, 6) is -1.24. The van der Waals surface area contributed by atoms with Crippen LogP contribution in [-0.4, -0.2) is 44.0 Å². The monoisotopic (exact) mass is 838 g/mol. The molecular formula is C53H43ClN2O6. The van der Waals surface area contributed by atoms with Crippen LogP contribution in [0.25, 0.3) is 22.3 Å². The average Bonchev–Trinajstić information content (AvgIpc) is 3.81. The molecule has 0 aromatic heterocycles. The third-order valence-corrected chi connectivity index (χ3v) is 12.2. The van der Waals surface area contributed by atoms with Crippen molar-refractivity contribution in [3.63, 3.8) is 0 Å². The fourth-order valence-electron chi connectivity index (χ4n) is 8.89. The number of rotatable bonds is 12. The minimum Gasteiger partial charge on any atom is -0.449 e. The van der Waals surface area contributed by atoms with E-state index < -0.39 is 29.8 Å². The van der Waals surface area contributed by atoms with Gasteiger partial charge in [-0.25, -0.2) is 14.4 Å². The molecule has 8 nitrogen and oxygen atoms in total. The van der Waals surface area contributed by atoms with Gasteiger partial charge in [-0.15, -0.1) is 0 Å². The lowest BCUT2D eigenvalue weighted by Crippen LogP contribution is -2.52. The average molecular weight is 839 g/mol. The van der Waals surface area contributed by atoms with Crippen LogP contribution < -0.4 is 10.6 Å². The summed E-state index contributed by atoms with van der Waals surface area (Å²) in [4.78, 5) is 42.3. The molecule has 0 saturated carbocycles. The summed E-state index contributed by atoms with van der Waals surface area (Å²) in [7, 11) is 0. The van der Waals surface area contributed by atoms with Gasteiger partial charge in [0.25, 0.3) is 0 Å². The molecule has 308 valence electrons. The maximum atomic E-state index is 14.9. The van der Waals surface area contributed by atoms with E-state index in [-0.39, 0.29) is 31.6 Å². The number of carbonyl (C=O) groups excluding carboxylic acids is 3. The Labute approximate surface area is 365 Å². The van der Waals surface area contributed by atoms with E-state index in [4.69, 9.17) is 25.8 Å². The highest BCUT2D eigenvalue weighted by Gasteiger charge is 2.44. The van der Waals surface area contributed by atoms with Crippen LogP contribution in [-0.2, 0) is 24.6 Å². The number of aryl methyl sites for hydroxylation is 1. The summed E-state index contributed by atoms with van der Waals surface area (Å²) < 4.78 is 18.4. The number of fused-ring (bicyclic) bond motifs is 6. The molecule has 2 amide bonds. The van der Waals surface area contributed by atoms with Gasteiger partial charge in [-0.05, 0) is 57.5 Å². The first kappa shape index (κ1) is 40.3. The number of carbonyl (C=O) groups is 3. The van der Waals surface area contributed by atoms with Crippen molar-refractivity contribution in [2.75, 3.05) is 19.8 Å². The molecule has 62 heavy (non-hydrogen) atoms. The van der Waals surface area contributed by atoms with Crippen LogP contribution in [0.15, 0.2) is 176 Å². The molecule has 0 heterocycles. The topological polar surface area (TPSA) is 103 Å². The number of hydrogen-bond donors (Lipinski definition) is 2. The Bertz CT molecular complexity index is 2680. The molecule has 0 radical (unpaired) electrons. The molecule has 7 aromatic rings. The van der Waals surface area contributed by atoms with Gasteiger partial charge in [0.05, 0.1) is 6.54 Å². The molecule has 2 N–H and O–H groups in total. The molecule has 2 aliphatic rings. The predicted octanol–water partition coefficient (Wildman–Crippen LogP) is 10.9. The van der Waals surface area contributed by atoms with Crippen molar-refractivity contribution in [1.29, 1.82) is 0 Å². The Hall–Kier alpha value is -7.16.